The van der Waals surface area contributed by atoms with Gasteiger partial charge in [-0.2, -0.15) is 0 Å². The van der Waals surface area contributed by atoms with Gasteiger partial charge in [-0.1, -0.05) is 12.1 Å². The highest BCUT2D eigenvalue weighted by atomic mass is 32.2. The summed E-state index contributed by atoms with van der Waals surface area (Å²) in [7, 11) is 0. The molecule has 7 heteroatoms. The maximum absolute atomic E-state index is 13.0. The van der Waals surface area contributed by atoms with Gasteiger partial charge in [-0.05, 0) is 65.1 Å². The van der Waals surface area contributed by atoms with Crippen molar-refractivity contribution >= 4 is 28.9 Å². The molecule has 29 heavy (non-hydrogen) atoms. The fourth-order valence-electron chi connectivity index (χ4n) is 3.80. The van der Waals surface area contributed by atoms with Crippen molar-refractivity contribution in [1.29, 1.82) is 0 Å². The first-order chi connectivity index (χ1) is 14.1. The molecule has 0 atom stereocenters. The number of rotatable bonds is 4. The van der Waals surface area contributed by atoms with E-state index in [-0.39, 0.29) is 11.8 Å². The summed E-state index contributed by atoms with van der Waals surface area (Å²) in [6.07, 6.45) is 1.71. The van der Waals surface area contributed by atoms with Gasteiger partial charge in [0, 0.05) is 43.0 Å². The second-order valence-corrected chi connectivity index (χ2v) is 8.53. The second kappa shape index (κ2) is 7.57. The minimum absolute atomic E-state index is 0.0756. The van der Waals surface area contributed by atoms with E-state index in [4.69, 9.17) is 4.42 Å². The topological polar surface area (TPSA) is 48.7 Å². The number of carbonyl (C=O) groups is 1. The van der Waals surface area contributed by atoms with Crippen molar-refractivity contribution in [2.24, 2.45) is 0 Å². The number of hydrogen-bond acceptors (Lipinski definition) is 4. The molecule has 0 unspecified atom stereocenters. The summed E-state index contributed by atoms with van der Waals surface area (Å²) < 4.78 is 20.7. The predicted molar refractivity (Wildman–Crippen MR) is 111 cm³/mol. The number of benzene rings is 2. The van der Waals surface area contributed by atoms with Crippen molar-refractivity contribution in [3.63, 3.8) is 0 Å². The van der Waals surface area contributed by atoms with Gasteiger partial charge in [0.1, 0.15) is 11.4 Å². The number of amides is 2. The first kappa shape index (κ1) is 18.3. The van der Waals surface area contributed by atoms with Crippen LogP contribution in [0.2, 0.25) is 0 Å². The molecule has 0 saturated heterocycles. The normalized spacial score (nSPS) is 16.7. The third-order valence-electron chi connectivity index (χ3n) is 5.30. The summed E-state index contributed by atoms with van der Waals surface area (Å²) in [5.41, 5.74) is 4.45. The molecular weight excluding hydrogens is 389 g/mol. The zero-order chi connectivity index (χ0) is 19.8. The van der Waals surface area contributed by atoms with Crippen molar-refractivity contribution in [1.82, 2.24) is 14.5 Å². The molecule has 2 aliphatic heterocycles. The average molecular weight is 409 g/mol. The Bertz CT molecular complexity index is 1070. The highest BCUT2D eigenvalue weighted by Crippen LogP contribution is 2.34. The lowest BCUT2D eigenvalue weighted by Crippen LogP contribution is -2.40. The number of urea groups is 1. The Hall–Kier alpha value is -2.77. The number of nitrogens with one attached hydrogen (secondary N) is 1. The molecule has 0 aliphatic carbocycles. The van der Waals surface area contributed by atoms with Gasteiger partial charge < -0.3 is 14.6 Å². The first-order valence-corrected chi connectivity index (χ1v) is 10.3. The number of halogens is 1. The van der Waals surface area contributed by atoms with E-state index in [1.807, 2.05) is 17.0 Å². The highest BCUT2D eigenvalue weighted by Gasteiger charge is 2.32. The van der Waals surface area contributed by atoms with E-state index in [9.17, 15) is 9.18 Å². The lowest BCUT2D eigenvalue weighted by molar-refractivity contribution is 0.208. The fraction of sp³-hybridized carbons (Fsp3) is 0.227. The molecule has 148 valence electrons. The molecule has 1 N–H and O–H groups in total. The summed E-state index contributed by atoms with van der Waals surface area (Å²) in [6.45, 7) is 3.47. The Morgan fingerprint density at radius 1 is 1.03 bits per heavy atom. The minimum Gasteiger partial charge on any atom is -0.464 e. The van der Waals surface area contributed by atoms with E-state index in [1.54, 1.807) is 30.3 Å². The summed E-state index contributed by atoms with van der Waals surface area (Å²) in [6, 6.07) is 14.3. The van der Waals surface area contributed by atoms with Crippen LogP contribution in [0.4, 0.5) is 9.18 Å². The maximum Gasteiger partial charge on any atom is 0.318 e. The number of fused-ring (bicyclic) bond motifs is 1. The summed E-state index contributed by atoms with van der Waals surface area (Å²) in [4.78, 5) is 15.5. The van der Waals surface area contributed by atoms with Crippen LogP contribution < -0.4 is 5.32 Å². The predicted octanol–water partition coefficient (Wildman–Crippen LogP) is 4.42. The molecule has 0 saturated carbocycles. The van der Waals surface area contributed by atoms with Crippen LogP contribution in [0.3, 0.4) is 0 Å². The van der Waals surface area contributed by atoms with E-state index < -0.39 is 0 Å². The standard InChI is InChI=1S/C22H20FN3O2S/c23-19-3-1-15(2-4-19)10-24-22(27)25-11-17-13-26(14-18(17)12-25)29-20-5-6-21-16(9-20)7-8-28-21/h1-9H,10-14H2,(H,24,27). The van der Waals surface area contributed by atoms with Gasteiger partial charge in [0.25, 0.3) is 0 Å². The lowest BCUT2D eigenvalue weighted by atomic mass is 10.2. The Labute approximate surface area is 172 Å². The van der Waals surface area contributed by atoms with E-state index in [0.717, 1.165) is 29.6 Å². The number of furan rings is 1. The van der Waals surface area contributed by atoms with Crippen molar-refractivity contribution in [2.45, 2.75) is 11.4 Å². The number of nitrogens with zero attached hydrogens (tertiary/aromatic N) is 2. The molecule has 0 fully saturated rings. The van der Waals surface area contributed by atoms with Gasteiger partial charge >= 0.3 is 6.03 Å². The Balaban J connectivity index is 1.12. The molecule has 0 radical (unpaired) electrons. The van der Waals surface area contributed by atoms with Crippen LogP contribution in [0.15, 0.2) is 75.3 Å². The molecule has 0 bridgehead atoms. The van der Waals surface area contributed by atoms with Crippen LogP contribution in [0, 0.1) is 5.82 Å². The smallest absolute Gasteiger partial charge is 0.318 e. The van der Waals surface area contributed by atoms with Crippen molar-refractivity contribution in [2.75, 3.05) is 26.2 Å². The van der Waals surface area contributed by atoms with Gasteiger partial charge in [0.05, 0.1) is 6.26 Å². The van der Waals surface area contributed by atoms with Crippen LogP contribution in [0.5, 0.6) is 0 Å². The zero-order valence-corrected chi connectivity index (χ0v) is 16.5. The van der Waals surface area contributed by atoms with E-state index >= 15 is 0 Å². The van der Waals surface area contributed by atoms with Crippen LogP contribution in [0.25, 0.3) is 11.0 Å². The molecule has 2 aliphatic rings. The Morgan fingerprint density at radius 2 is 1.79 bits per heavy atom. The SMILES string of the molecule is O=C(NCc1ccc(F)cc1)N1CC2=C(CN(Sc3ccc4occc4c3)C2)C1. The Morgan fingerprint density at radius 3 is 2.55 bits per heavy atom. The largest absolute Gasteiger partial charge is 0.464 e. The first-order valence-electron chi connectivity index (χ1n) is 9.51. The van der Waals surface area contributed by atoms with Crippen LogP contribution in [-0.2, 0) is 6.54 Å². The van der Waals surface area contributed by atoms with Gasteiger partial charge in [0.2, 0.25) is 0 Å². The average Bonchev–Trinajstić information content (AvgIpc) is 3.41. The van der Waals surface area contributed by atoms with Crippen molar-refractivity contribution in [3.8, 4) is 0 Å². The molecular formula is C22H20FN3O2S. The van der Waals surface area contributed by atoms with Crippen LogP contribution in [-0.4, -0.2) is 41.4 Å². The fourth-order valence-corrected chi connectivity index (χ4v) is 4.84. The van der Waals surface area contributed by atoms with Gasteiger partial charge in [-0.25, -0.2) is 13.5 Å². The molecule has 5 rings (SSSR count). The molecule has 2 amide bonds. The third kappa shape index (κ3) is 3.88. The molecule has 1 aromatic heterocycles. The molecule has 3 heterocycles. The molecule has 5 nitrogen and oxygen atoms in total. The zero-order valence-electron chi connectivity index (χ0n) is 15.7. The third-order valence-corrected chi connectivity index (χ3v) is 6.28. The van der Waals surface area contributed by atoms with E-state index in [2.05, 4.69) is 21.8 Å². The lowest BCUT2D eigenvalue weighted by Gasteiger charge is -2.22. The van der Waals surface area contributed by atoms with Crippen molar-refractivity contribution < 1.29 is 13.6 Å². The number of hydrogen-bond donors (Lipinski definition) is 1. The number of carbonyl (C=O) groups excluding carboxylic acids is 1. The van der Waals surface area contributed by atoms with Crippen molar-refractivity contribution in [3.05, 3.63) is 77.3 Å². The molecule has 3 aromatic rings. The Kier molecular flexibility index (Phi) is 4.77. The van der Waals surface area contributed by atoms with E-state index in [0.29, 0.717) is 19.6 Å². The van der Waals surface area contributed by atoms with Crippen LogP contribution in [0.1, 0.15) is 5.56 Å². The van der Waals surface area contributed by atoms with Crippen LogP contribution >= 0.6 is 11.9 Å². The van der Waals surface area contributed by atoms with Gasteiger partial charge in [0.15, 0.2) is 0 Å². The monoisotopic (exact) mass is 409 g/mol. The second-order valence-electron chi connectivity index (χ2n) is 7.36. The minimum atomic E-state index is -0.271. The summed E-state index contributed by atoms with van der Waals surface area (Å²) >= 11 is 1.74. The molecule has 0 spiro atoms. The molecule has 2 aromatic carbocycles. The quantitative estimate of drug-likeness (QED) is 0.512. The summed E-state index contributed by atoms with van der Waals surface area (Å²) in [5, 5.41) is 4.04. The maximum atomic E-state index is 13.0. The highest BCUT2D eigenvalue weighted by molar-refractivity contribution is 7.97. The van der Waals surface area contributed by atoms with Gasteiger partial charge in [-0.3, -0.25) is 0 Å². The van der Waals surface area contributed by atoms with Gasteiger partial charge in [-0.15, -0.1) is 0 Å². The summed E-state index contributed by atoms with van der Waals surface area (Å²) in [5.74, 6) is -0.271. The van der Waals surface area contributed by atoms with E-state index in [1.165, 1.54) is 28.2 Å².